The van der Waals surface area contributed by atoms with Crippen LogP contribution in [0.2, 0.25) is 0 Å². The van der Waals surface area contributed by atoms with Gasteiger partial charge >= 0.3 is 0 Å². The number of hydrogen-bond acceptors (Lipinski definition) is 5. The second-order valence-corrected chi connectivity index (χ2v) is 7.53. The Morgan fingerprint density at radius 3 is 2.64 bits per heavy atom. The molecule has 9 heteroatoms. The minimum atomic E-state index is -0.397. The second kappa shape index (κ2) is 9.52. The number of benzene rings is 2. The first kappa shape index (κ1) is 20.1. The van der Waals surface area contributed by atoms with Crippen LogP contribution in [0.25, 0.3) is 5.69 Å². The largest absolute Gasteiger partial charge is 0.276 e. The van der Waals surface area contributed by atoms with Crippen molar-refractivity contribution in [2.24, 2.45) is 0 Å². The number of amides is 2. The molecule has 1 heterocycles. The lowest BCUT2D eigenvalue weighted by atomic mass is 10.1. The predicted molar refractivity (Wildman–Crippen MR) is 111 cm³/mol. The summed E-state index contributed by atoms with van der Waals surface area (Å²) in [7, 11) is 0. The monoisotopic (exact) mass is 459 g/mol. The molecule has 3 aromatic rings. The van der Waals surface area contributed by atoms with Gasteiger partial charge in [-0.15, -0.1) is 10.2 Å². The van der Waals surface area contributed by atoms with Crippen molar-refractivity contribution in [1.82, 2.24) is 25.6 Å². The van der Waals surface area contributed by atoms with Crippen molar-refractivity contribution < 1.29 is 9.59 Å². The molecule has 2 N–H and O–H groups in total. The summed E-state index contributed by atoms with van der Waals surface area (Å²) in [5.41, 5.74) is 7.41. The van der Waals surface area contributed by atoms with Gasteiger partial charge in [0.05, 0.1) is 17.0 Å². The van der Waals surface area contributed by atoms with Gasteiger partial charge in [0, 0.05) is 4.47 Å². The summed E-state index contributed by atoms with van der Waals surface area (Å²) in [6.45, 7) is 2.08. The maximum Gasteiger partial charge on any atom is 0.270 e. The summed E-state index contributed by atoms with van der Waals surface area (Å²) in [5, 5.41) is 8.66. The van der Waals surface area contributed by atoms with Gasteiger partial charge in [-0.1, -0.05) is 49.0 Å². The number of nitrogens with zero attached hydrogens (tertiary/aromatic N) is 3. The third-order valence-electron chi connectivity index (χ3n) is 3.91. The first-order valence-electron chi connectivity index (χ1n) is 8.55. The van der Waals surface area contributed by atoms with Crippen LogP contribution in [0.3, 0.4) is 0 Å². The number of thioether (sulfide) groups is 1. The van der Waals surface area contributed by atoms with Gasteiger partial charge in [0.1, 0.15) is 6.33 Å². The molecule has 0 fully saturated rings. The number of hydrazine groups is 1. The van der Waals surface area contributed by atoms with Gasteiger partial charge in [-0.2, -0.15) is 0 Å². The molecular formula is C19H18BrN5O2S. The molecule has 1 aromatic heterocycles. The number of hydrogen-bond donors (Lipinski definition) is 2. The third-order valence-corrected chi connectivity index (χ3v) is 5.55. The SMILES string of the molecule is CCc1ccccc1-n1cnnc1SCC(=O)NNC(=O)c1ccccc1Br. The number of aromatic nitrogens is 3. The molecular weight excluding hydrogens is 442 g/mol. The van der Waals surface area contributed by atoms with Gasteiger partial charge < -0.3 is 0 Å². The average Bonchev–Trinajstić information content (AvgIpc) is 3.19. The number of aryl methyl sites for hydroxylation is 1. The van der Waals surface area contributed by atoms with Crippen molar-refractivity contribution in [3.8, 4) is 5.69 Å². The number of nitrogens with one attached hydrogen (secondary N) is 2. The molecule has 3 rings (SSSR count). The molecule has 0 aliphatic heterocycles. The van der Waals surface area contributed by atoms with E-state index in [2.05, 4.69) is 43.9 Å². The molecule has 28 heavy (non-hydrogen) atoms. The van der Waals surface area contributed by atoms with Gasteiger partial charge in [-0.25, -0.2) is 0 Å². The molecule has 144 valence electrons. The molecule has 0 bridgehead atoms. The highest BCUT2D eigenvalue weighted by Crippen LogP contribution is 2.22. The lowest BCUT2D eigenvalue weighted by Crippen LogP contribution is -2.42. The third kappa shape index (κ3) is 4.79. The van der Waals surface area contributed by atoms with E-state index in [1.165, 1.54) is 11.8 Å². The molecule has 2 aromatic carbocycles. The van der Waals surface area contributed by atoms with Crippen LogP contribution in [-0.4, -0.2) is 32.3 Å². The van der Waals surface area contributed by atoms with Crippen molar-refractivity contribution in [1.29, 1.82) is 0 Å². The summed E-state index contributed by atoms with van der Waals surface area (Å²) in [6, 6.07) is 15.0. The molecule has 0 spiro atoms. The Labute approximate surface area is 175 Å². The Morgan fingerprint density at radius 2 is 1.86 bits per heavy atom. The van der Waals surface area contributed by atoms with E-state index in [9.17, 15) is 9.59 Å². The fourth-order valence-electron chi connectivity index (χ4n) is 2.54. The maximum absolute atomic E-state index is 12.1. The summed E-state index contributed by atoms with van der Waals surface area (Å²) in [5.74, 6) is -0.655. The molecule has 0 atom stereocenters. The van der Waals surface area contributed by atoms with E-state index >= 15 is 0 Å². The maximum atomic E-state index is 12.1. The van der Waals surface area contributed by atoms with Crippen LogP contribution in [-0.2, 0) is 11.2 Å². The highest BCUT2D eigenvalue weighted by molar-refractivity contribution is 9.10. The van der Waals surface area contributed by atoms with E-state index < -0.39 is 5.91 Å². The summed E-state index contributed by atoms with van der Waals surface area (Å²) >= 11 is 4.55. The van der Waals surface area contributed by atoms with Gasteiger partial charge in [0.15, 0.2) is 5.16 Å². The summed E-state index contributed by atoms with van der Waals surface area (Å²) in [6.07, 6.45) is 2.50. The first-order valence-corrected chi connectivity index (χ1v) is 10.3. The Bertz CT molecular complexity index is 992. The molecule has 0 aliphatic carbocycles. The molecule has 0 unspecified atom stereocenters. The van der Waals surface area contributed by atoms with Crippen molar-refractivity contribution in [2.45, 2.75) is 18.5 Å². The fraction of sp³-hybridized carbons (Fsp3) is 0.158. The molecule has 0 saturated carbocycles. The average molecular weight is 460 g/mol. The van der Waals surface area contributed by atoms with Crippen LogP contribution in [0, 0.1) is 0 Å². The number of para-hydroxylation sites is 1. The van der Waals surface area contributed by atoms with Gasteiger partial charge in [-0.05, 0) is 46.1 Å². The quantitative estimate of drug-likeness (QED) is 0.436. The van der Waals surface area contributed by atoms with E-state index in [0.717, 1.165) is 17.7 Å². The fourth-order valence-corrected chi connectivity index (χ4v) is 3.72. The molecule has 0 radical (unpaired) electrons. The van der Waals surface area contributed by atoms with Crippen molar-refractivity contribution in [2.75, 3.05) is 5.75 Å². The number of carbonyl (C=O) groups is 2. The molecule has 0 aliphatic rings. The van der Waals surface area contributed by atoms with E-state index in [1.807, 2.05) is 34.9 Å². The van der Waals surface area contributed by atoms with Gasteiger partial charge in [0.25, 0.3) is 5.91 Å². The number of carbonyl (C=O) groups excluding carboxylic acids is 2. The summed E-state index contributed by atoms with van der Waals surface area (Å²) in [4.78, 5) is 24.2. The minimum Gasteiger partial charge on any atom is -0.276 e. The van der Waals surface area contributed by atoms with E-state index in [-0.39, 0.29) is 11.7 Å². The van der Waals surface area contributed by atoms with Crippen molar-refractivity contribution in [3.05, 3.63) is 70.5 Å². The normalized spacial score (nSPS) is 10.5. The van der Waals surface area contributed by atoms with Gasteiger partial charge in [-0.3, -0.25) is 25.0 Å². The first-order chi connectivity index (χ1) is 13.6. The number of rotatable bonds is 6. The minimum absolute atomic E-state index is 0.0865. The van der Waals surface area contributed by atoms with E-state index in [1.54, 1.807) is 24.5 Å². The van der Waals surface area contributed by atoms with Crippen LogP contribution in [0.15, 0.2) is 64.5 Å². The van der Waals surface area contributed by atoms with Crippen molar-refractivity contribution in [3.63, 3.8) is 0 Å². The van der Waals surface area contributed by atoms with Crippen molar-refractivity contribution >= 4 is 39.5 Å². The molecule has 7 nitrogen and oxygen atoms in total. The van der Waals surface area contributed by atoms with E-state index in [4.69, 9.17) is 0 Å². The van der Waals surface area contributed by atoms with Gasteiger partial charge in [0.2, 0.25) is 5.91 Å². The summed E-state index contributed by atoms with van der Waals surface area (Å²) < 4.78 is 2.51. The highest BCUT2D eigenvalue weighted by atomic mass is 79.9. The van der Waals surface area contributed by atoms with Crippen LogP contribution < -0.4 is 10.9 Å². The Kier molecular flexibility index (Phi) is 6.83. The topological polar surface area (TPSA) is 88.9 Å². The smallest absolute Gasteiger partial charge is 0.270 e. The zero-order valence-corrected chi connectivity index (χ0v) is 17.5. The Morgan fingerprint density at radius 1 is 1.11 bits per heavy atom. The second-order valence-electron chi connectivity index (χ2n) is 5.74. The standard InChI is InChI=1S/C19H18BrN5O2S/c1-2-13-7-3-6-10-16(13)25-12-21-24-19(25)28-11-17(26)22-23-18(27)14-8-4-5-9-15(14)20/h3-10,12H,2,11H2,1H3,(H,22,26)(H,23,27). The van der Waals surface area contributed by atoms with Crippen LogP contribution >= 0.6 is 27.7 Å². The lowest BCUT2D eigenvalue weighted by Gasteiger charge is -2.11. The van der Waals surface area contributed by atoms with E-state index in [0.29, 0.717) is 15.2 Å². The molecule has 0 saturated heterocycles. The van der Waals surface area contributed by atoms with Crippen LogP contribution in [0.5, 0.6) is 0 Å². The Hall–Kier alpha value is -2.65. The highest BCUT2D eigenvalue weighted by Gasteiger charge is 2.14. The zero-order valence-electron chi connectivity index (χ0n) is 15.1. The lowest BCUT2D eigenvalue weighted by molar-refractivity contribution is -0.119. The van der Waals surface area contributed by atoms with Crippen LogP contribution in [0.1, 0.15) is 22.8 Å². The number of halogens is 1. The predicted octanol–water partition coefficient (Wildman–Crippen LogP) is 3.15. The zero-order chi connectivity index (χ0) is 19.9. The Balaban J connectivity index is 1.58. The van der Waals surface area contributed by atoms with Crippen LogP contribution in [0.4, 0.5) is 0 Å². The molecule has 2 amide bonds.